The van der Waals surface area contributed by atoms with Crippen LogP contribution in [0.1, 0.15) is 0 Å². The first-order chi connectivity index (χ1) is 8.52. The van der Waals surface area contributed by atoms with Crippen LogP contribution in [0.5, 0.6) is 0 Å². The molecule has 0 saturated carbocycles. The first kappa shape index (κ1) is 15.2. The molecule has 0 aliphatic heterocycles. The van der Waals surface area contributed by atoms with Crippen molar-refractivity contribution in [1.82, 2.24) is 10.9 Å². The number of methoxy groups -OCH3 is 1. The van der Waals surface area contributed by atoms with Gasteiger partial charge in [0.25, 0.3) is 5.91 Å². The highest BCUT2D eigenvalue weighted by molar-refractivity contribution is 9.10. The average molecular weight is 353 g/mol. The number of benzene rings is 1. The van der Waals surface area contributed by atoms with E-state index in [0.29, 0.717) is 10.7 Å². The zero-order valence-electron chi connectivity index (χ0n) is 9.42. The number of hydrogen-bond acceptors (Lipinski definition) is 3. The van der Waals surface area contributed by atoms with Crippen LogP contribution in [0.25, 0.3) is 0 Å². The van der Waals surface area contributed by atoms with E-state index >= 15 is 0 Å². The van der Waals surface area contributed by atoms with Gasteiger partial charge in [0.05, 0.1) is 10.7 Å². The fourth-order valence-corrected chi connectivity index (χ4v) is 1.92. The van der Waals surface area contributed by atoms with Crippen LogP contribution < -0.4 is 16.2 Å². The fraction of sp³-hybridized carbons (Fsp3) is 0.200. The first-order valence-electron chi connectivity index (χ1n) is 4.82. The molecule has 0 saturated heterocycles. The minimum absolute atomic E-state index is 0.0470. The molecule has 8 heteroatoms. The lowest BCUT2D eigenvalue weighted by Crippen LogP contribution is -2.45. The van der Waals surface area contributed by atoms with E-state index in [2.05, 4.69) is 36.8 Å². The molecule has 0 aliphatic carbocycles. The summed E-state index contributed by atoms with van der Waals surface area (Å²) in [5.74, 6) is -0.330. The summed E-state index contributed by atoms with van der Waals surface area (Å²) in [6, 6.07) is 5.31. The molecule has 1 amide bonds. The number of rotatable bonds is 3. The van der Waals surface area contributed by atoms with E-state index in [-0.39, 0.29) is 17.6 Å². The maximum absolute atomic E-state index is 11.1. The second-order valence-electron chi connectivity index (χ2n) is 3.18. The van der Waals surface area contributed by atoms with Crippen LogP contribution in [0.2, 0.25) is 5.02 Å². The lowest BCUT2D eigenvalue weighted by molar-refractivity contribution is -0.125. The van der Waals surface area contributed by atoms with Crippen molar-refractivity contribution in [3.05, 3.63) is 27.7 Å². The van der Waals surface area contributed by atoms with Gasteiger partial charge in [-0.25, -0.2) is 0 Å². The SMILES string of the molecule is COCC(=O)NNC(=S)Nc1ccc(Br)cc1Cl. The molecule has 5 nitrogen and oxygen atoms in total. The van der Waals surface area contributed by atoms with Crippen LogP contribution in [-0.4, -0.2) is 24.7 Å². The summed E-state index contributed by atoms with van der Waals surface area (Å²) >= 11 is 14.3. The van der Waals surface area contributed by atoms with Gasteiger partial charge in [-0.15, -0.1) is 0 Å². The van der Waals surface area contributed by atoms with Crippen LogP contribution in [0, 0.1) is 0 Å². The lowest BCUT2D eigenvalue weighted by atomic mass is 10.3. The van der Waals surface area contributed by atoms with Crippen molar-refractivity contribution in [2.24, 2.45) is 0 Å². The van der Waals surface area contributed by atoms with Crippen molar-refractivity contribution in [1.29, 1.82) is 0 Å². The molecular formula is C10H11BrClN3O2S. The average Bonchev–Trinajstić information content (AvgIpc) is 2.31. The van der Waals surface area contributed by atoms with Gasteiger partial charge in [-0.2, -0.15) is 0 Å². The van der Waals surface area contributed by atoms with Crippen LogP contribution in [0.4, 0.5) is 5.69 Å². The molecule has 0 bridgehead atoms. The molecule has 0 radical (unpaired) electrons. The number of hydrazine groups is 1. The quantitative estimate of drug-likeness (QED) is 0.574. The monoisotopic (exact) mass is 351 g/mol. The predicted molar refractivity (Wildman–Crippen MR) is 78.5 cm³/mol. The van der Waals surface area contributed by atoms with Gasteiger partial charge in [0, 0.05) is 11.6 Å². The Bertz CT molecular complexity index is 459. The molecule has 0 aliphatic rings. The second-order valence-corrected chi connectivity index (χ2v) is 4.92. The molecule has 98 valence electrons. The van der Waals surface area contributed by atoms with E-state index in [0.717, 1.165) is 4.47 Å². The molecule has 1 aromatic carbocycles. The van der Waals surface area contributed by atoms with E-state index in [1.165, 1.54) is 7.11 Å². The van der Waals surface area contributed by atoms with Crippen molar-refractivity contribution in [3.63, 3.8) is 0 Å². The Morgan fingerprint density at radius 1 is 1.50 bits per heavy atom. The van der Waals surface area contributed by atoms with Gasteiger partial charge >= 0.3 is 0 Å². The maximum Gasteiger partial charge on any atom is 0.264 e. The third-order valence-corrected chi connectivity index (χ3v) is 2.78. The summed E-state index contributed by atoms with van der Waals surface area (Å²) in [4.78, 5) is 11.1. The molecule has 0 heterocycles. The molecule has 0 unspecified atom stereocenters. The number of thiocarbonyl (C=S) groups is 1. The molecule has 3 N–H and O–H groups in total. The molecule has 0 spiro atoms. The summed E-state index contributed by atoms with van der Waals surface area (Å²) in [6.07, 6.45) is 0. The molecule has 0 aromatic heterocycles. The van der Waals surface area contributed by atoms with Crippen molar-refractivity contribution < 1.29 is 9.53 Å². The van der Waals surface area contributed by atoms with E-state index in [1.54, 1.807) is 12.1 Å². The zero-order valence-corrected chi connectivity index (χ0v) is 12.6. The molecule has 18 heavy (non-hydrogen) atoms. The number of hydrogen-bond donors (Lipinski definition) is 3. The van der Waals surface area contributed by atoms with Gasteiger partial charge < -0.3 is 10.1 Å². The summed E-state index contributed by atoms with van der Waals surface area (Å²) in [7, 11) is 1.43. The largest absolute Gasteiger partial charge is 0.375 e. The molecule has 1 rings (SSSR count). The standard InChI is InChI=1S/C10H11BrClN3O2S/c1-17-5-9(16)14-15-10(18)13-8-3-2-6(11)4-7(8)12/h2-4H,5H2,1H3,(H,14,16)(H2,13,15,18). The number of anilines is 1. The third-order valence-electron chi connectivity index (χ3n) is 1.77. The Hall–Kier alpha value is -0.890. The van der Waals surface area contributed by atoms with Crippen LogP contribution in [0.3, 0.4) is 0 Å². The zero-order chi connectivity index (χ0) is 13.5. The topological polar surface area (TPSA) is 62.4 Å². The number of nitrogens with one attached hydrogen (secondary N) is 3. The van der Waals surface area contributed by atoms with Gasteiger partial charge in [-0.1, -0.05) is 27.5 Å². The van der Waals surface area contributed by atoms with Crippen LogP contribution >= 0.6 is 39.7 Å². The highest BCUT2D eigenvalue weighted by Gasteiger charge is 2.04. The smallest absolute Gasteiger partial charge is 0.264 e. The molecule has 1 aromatic rings. The third kappa shape index (κ3) is 5.18. The Morgan fingerprint density at radius 3 is 2.83 bits per heavy atom. The van der Waals surface area contributed by atoms with Gasteiger partial charge in [-0.3, -0.25) is 15.6 Å². The number of ether oxygens (including phenoxy) is 1. The van der Waals surface area contributed by atoms with E-state index in [1.807, 2.05) is 6.07 Å². The predicted octanol–water partition coefficient (Wildman–Crippen LogP) is 2.07. The highest BCUT2D eigenvalue weighted by atomic mass is 79.9. The Kier molecular flexibility index (Phi) is 6.34. The van der Waals surface area contributed by atoms with Gasteiger partial charge in [-0.05, 0) is 30.4 Å². The lowest BCUT2D eigenvalue weighted by Gasteiger charge is -2.12. The maximum atomic E-state index is 11.1. The molecular weight excluding hydrogens is 342 g/mol. The van der Waals surface area contributed by atoms with Crippen LogP contribution in [0.15, 0.2) is 22.7 Å². The normalized spacial score (nSPS) is 9.72. The van der Waals surface area contributed by atoms with Crippen LogP contribution in [-0.2, 0) is 9.53 Å². The van der Waals surface area contributed by atoms with Crippen molar-refractivity contribution in [2.45, 2.75) is 0 Å². The number of carbonyl (C=O) groups excluding carboxylic acids is 1. The van der Waals surface area contributed by atoms with E-state index < -0.39 is 0 Å². The number of halogens is 2. The minimum atomic E-state index is -0.330. The Labute approximate surface area is 123 Å². The molecule has 0 fully saturated rings. The summed E-state index contributed by atoms with van der Waals surface area (Å²) in [5.41, 5.74) is 5.53. The first-order valence-corrected chi connectivity index (χ1v) is 6.40. The number of amides is 1. The summed E-state index contributed by atoms with van der Waals surface area (Å²) in [6.45, 7) is -0.0470. The molecule has 0 atom stereocenters. The second kappa shape index (κ2) is 7.52. The Morgan fingerprint density at radius 2 is 2.22 bits per heavy atom. The fourth-order valence-electron chi connectivity index (χ4n) is 1.04. The van der Waals surface area contributed by atoms with Gasteiger partial charge in [0.15, 0.2) is 5.11 Å². The summed E-state index contributed by atoms with van der Waals surface area (Å²) < 4.78 is 5.51. The highest BCUT2D eigenvalue weighted by Crippen LogP contribution is 2.25. The number of carbonyl (C=O) groups is 1. The van der Waals surface area contributed by atoms with E-state index in [4.69, 9.17) is 23.8 Å². The van der Waals surface area contributed by atoms with Gasteiger partial charge in [0.1, 0.15) is 6.61 Å². The van der Waals surface area contributed by atoms with Crippen molar-refractivity contribution in [3.8, 4) is 0 Å². The summed E-state index contributed by atoms with van der Waals surface area (Å²) in [5, 5.41) is 3.58. The minimum Gasteiger partial charge on any atom is -0.375 e. The Balaban J connectivity index is 2.47. The van der Waals surface area contributed by atoms with E-state index in [9.17, 15) is 4.79 Å². The van der Waals surface area contributed by atoms with Gasteiger partial charge in [0.2, 0.25) is 0 Å². The van der Waals surface area contributed by atoms with Crippen molar-refractivity contribution >= 4 is 56.5 Å². The van der Waals surface area contributed by atoms with Crippen molar-refractivity contribution in [2.75, 3.05) is 19.0 Å².